The number of halogens is 5. The first kappa shape index (κ1) is 19.1. The van der Waals surface area contributed by atoms with Crippen LogP contribution in [0, 0.1) is 0 Å². The molecule has 1 N–H and O–H groups in total. The molecule has 23 heavy (non-hydrogen) atoms. The molecule has 2 aromatic rings. The third-order valence-corrected chi connectivity index (χ3v) is 5.26. The average molecular weight is 450 g/mol. The van der Waals surface area contributed by atoms with E-state index in [0.717, 1.165) is 11.3 Å². The summed E-state index contributed by atoms with van der Waals surface area (Å²) >= 11 is 29.7. The van der Waals surface area contributed by atoms with Gasteiger partial charge >= 0.3 is 6.00 Å². The predicted molar refractivity (Wildman–Crippen MR) is 100 cm³/mol. The molecule has 0 bridgehead atoms. The van der Waals surface area contributed by atoms with Crippen LogP contribution in [0.5, 0.6) is 0 Å². The molecule has 0 aliphatic carbocycles. The maximum absolute atomic E-state index is 11.7. The van der Waals surface area contributed by atoms with Crippen molar-refractivity contribution in [3.8, 4) is 0 Å². The van der Waals surface area contributed by atoms with Crippen molar-refractivity contribution in [3.63, 3.8) is 0 Å². The van der Waals surface area contributed by atoms with E-state index in [-0.39, 0.29) is 16.4 Å². The second kappa shape index (κ2) is 7.75. The number of allylic oxidation sites excluding steroid dienone is 1. The van der Waals surface area contributed by atoms with Crippen LogP contribution in [-0.4, -0.2) is 10.2 Å². The minimum atomic E-state index is -3.55. The van der Waals surface area contributed by atoms with Gasteiger partial charge in [0, 0.05) is 21.0 Å². The predicted octanol–water partition coefficient (Wildman–Crippen LogP) is 6.75. The molecule has 1 aromatic carbocycles. The van der Waals surface area contributed by atoms with Gasteiger partial charge in [0.05, 0.1) is 11.3 Å². The van der Waals surface area contributed by atoms with Crippen molar-refractivity contribution < 1.29 is 9.36 Å². The Labute approximate surface area is 160 Å². The first-order valence-corrected chi connectivity index (χ1v) is 11.3. The first-order valence-electron chi connectivity index (χ1n) is 5.76. The maximum atomic E-state index is 11.7. The first-order chi connectivity index (χ1) is 10.7. The van der Waals surface area contributed by atoms with Crippen molar-refractivity contribution >= 4 is 96.6 Å². The average Bonchev–Trinajstić information content (AvgIpc) is 2.83. The Kier molecular flexibility index (Phi) is 6.42. The number of nitrogens with one attached hydrogen (secondary N) is 1. The van der Waals surface area contributed by atoms with Crippen LogP contribution in [0.4, 0.5) is 5.13 Å². The molecule has 0 saturated heterocycles. The number of carbonyl (C=O) groups excluding carboxylic acids is 1. The van der Waals surface area contributed by atoms with Crippen LogP contribution in [0.2, 0.25) is 10.0 Å². The number of hydrogen-bond donors (Lipinski definition) is 1. The Balaban J connectivity index is 2.46. The van der Waals surface area contributed by atoms with E-state index in [4.69, 9.17) is 57.3 Å². The van der Waals surface area contributed by atoms with Crippen molar-refractivity contribution in [1.82, 2.24) is 4.98 Å². The number of carbonyl (C=O) groups is 1. The van der Waals surface area contributed by atoms with E-state index in [1.807, 2.05) is 0 Å². The second-order valence-electron chi connectivity index (χ2n) is 4.08. The fraction of sp³-hybridized carbons (Fsp3) is 0. The van der Waals surface area contributed by atoms with Gasteiger partial charge in [-0.1, -0.05) is 29.3 Å². The van der Waals surface area contributed by atoms with Crippen LogP contribution in [0.1, 0.15) is 11.3 Å². The summed E-state index contributed by atoms with van der Waals surface area (Å²) in [6.07, 6.45) is 1.43. The third kappa shape index (κ3) is 5.36. The summed E-state index contributed by atoms with van der Waals surface area (Å²) in [7, 11) is 0. The van der Waals surface area contributed by atoms with Crippen LogP contribution >= 0.6 is 74.6 Å². The van der Waals surface area contributed by atoms with E-state index in [1.165, 1.54) is 11.5 Å². The van der Waals surface area contributed by atoms with Gasteiger partial charge in [-0.2, -0.15) is 0 Å². The minimum absolute atomic E-state index is 0.0740. The van der Waals surface area contributed by atoms with Crippen molar-refractivity contribution in [2.75, 3.05) is 5.09 Å². The van der Waals surface area contributed by atoms with Gasteiger partial charge < -0.3 is 0 Å². The highest BCUT2D eigenvalue weighted by Crippen LogP contribution is 2.56. The molecule has 122 valence electrons. The molecule has 0 saturated carbocycles. The molecule has 1 heterocycles. The van der Waals surface area contributed by atoms with Crippen molar-refractivity contribution in [2.24, 2.45) is 0 Å². The summed E-state index contributed by atoms with van der Waals surface area (Å²) in [5, 5.41) is 4.01. The Hall–Kier alpha value is -0.260. The summed E-state index contributed by atoms with van der Waals surface area (Å²) < 4.78 is 11.3. The molecular formula is C12H6Cl5N2O2PS. The molecule has 2 rings (SSSR count). The van der Waals surface area contributed by atoms with Crippen LogP contribution in [-0.2, 0) is 9.36 Å². The number of thiazole rings is 1. The zero-order chi connectivity index (χ0) is 17.2. The minimum Gasteiger partial charge on any atom is -0.288 e. The number of benzene rings is 1. The SMILES string of the molecule is O=C(Cl)C(=Cc1c(Cl)cccc1Cl)c1csc(NP(=O)(Cl)Cl)n1. The monoisotopic (exact) mass is 448 g/mol. The lowest BCUT2D eigenvalue weighted by molar-refractivity contribution is -0.106. The highest BCUT2D eigenvalue weighted by Gasteiger charge is 2.19. The fourth-order valence-electron chi connectivity index (χ4n) is 1.58. The Morgan fingerprint density at radius 3 is 2.39 bits per heavy atom. The Bertz CT molecular complexity index is 812. The number of anilines is 1. The fourth-order valence-corrected chi connectivity index (χ4v) is 4.45. The van der Waals surface area contributed by atoms with Crippen LogP contribution < -0.4 is 5.09 Å². The van der Waals surface area contributed by atoms with Gasteiger partial charge in [-0.15, -0.1) is 11.3 Å². The summed E-state index contributed by atoms with van der Waals surface area (Å²) in [6, 6.07) is 4.93. The Morgan fingerprint density at radius 1 is 1.26 bits per heavy atom. The molecule has 0 amide bonds. The summed E-state index contributed by atoms with van der Waals surface area (Å²) in [6.45, 7) is 0. The second-order valence-corrected chi connectivity index (χ2v) is 10.6. The van der Waals surface area contributed by atoms with E-state index in [0.29, 0.717) is 15.6 Å². The standard InChI is InChI=1S/C12H6Cl5N2O2PS/c13-8-2-1-3-9(14)6(8)4-7(11(15)20)10-5-23-12(18-10)19-22(16,17)21/h1-5H,(H,18,19,21). The van der Waals surface area contributed by atoms with Crippen molar-refractivity contribution in [1.29, 1.82) is 0 Å². The molecule has 4 nitrogen and oxygen atoms in total. The summed E-state index contributed by atoms with van der Waals surface area (Å²) in [4.78, 5) is 15.8. The van der Waals surface area contributed by atoms with E-state index in [2.05, 4.69) is 10.1 Å². The van der Waals surface area contributed by atoms with Gasteiger partial charge in [-0.25, -0.2) is 4.98 Å². The lowest BCUT2D eigenvalue weighted by Crippen LogP contribution is -1.95. The zero-order valence-electron chi connectivity index (χ0n) is 10.9. The largest absolute Gasteiger partial charge is 0.345 e. The molecule has 1 aromatic heterocycles. The smallest absolute Gasteiger partial charge is 0.288 e. The van der Waals surface area contributed by atoms with Gasteiger partial charge in [-0.05, 0) is 52.3 Å². The van der Waals surface area contributed by atoms with Crippen LogP contribution in [0.25, 0.3) is 11.6 Å². The van der Waals surface area contributed by atoms with Crippen molar-refractivity contribution in [2.45, 2.75) is 0 Å². The lowest BCUT2D eigenvalue weighted by Gasteiger charge is -2.04. The normalized spacial score (nSPS) is 12.3. The maximum Gasteiger partial charge on any atom is 0.345 e. The van der Waals surface area contributed by atoms with Crippen LogP contribution in [0.15, 0.2) is 23.6 Å². The topological polar surface area (TPSA) is 59.1 Å². The molecule has 11 heteroatoms. The van der Waals surface area contributed by atoms with E-state index in [9.17, 15) is 9.36 Å². The van der Waals surface area contributed by atoms with Gasteiger partial charge in [0.25, 0.3) is 5.24 Å². The molecule has 0 aliphatic heterocycles. The number of aromatic nitrogens is 1. The number of nitrogens with zero attached hydrogens (tertiary/aromatic N) is 1. The molecule has 0 unspecified atom stereocenters. The lowest BCUT2D eigenvalue weighted by atomic mass is 10.1. The molecule has 0 aliphatic rings. The summed E-state index contributed by atoms with van der Waals surface area (Å²) in [5.41, 5.74) is 0.753. The molecular weight excluding hydrogens is 444 g/mol. The summed E-state index contributed by atoms with van der Waals surface area (Å²) in [5.74, 6) is -3.55. The molecule has 0 atom stereocenters. The van der Waals surface area contributed by atoms with Gasteiger partial charge in [0.2, 0.25) is 0 Å². The van der Waals surface area contributed by atoms with Gasteiger partial charge in [0.1, 0.15) is 0 Å². The molecule has 0 radical (unpaired) electrons. The quantitative estimate of drug-likeness (QED) is 0.311. The highest BCUT2D eigenvalue weighted by molar-refractivity contribution is 8.09. The Morgan fingerprint density at radius 2 is 1.87 bits per heavy atom. The highest BCUT2D eigenvalue weighted by atomic mass is 35.9. The number of rotatable bonds is 5. The number of hydrogen-bond acceptors (Lipinski definition) is 4. The van der Waals surface area contributed by atoms with Crippen molar-refractivity contribution in [3.05, 3.63) is 44.9 Å². The molecule has 0 spiro atoms. The van der Waals surface area contributed by atoms with Gasteiger partial charge in [-0.3, -0.25) is 14.4 Å². The zero-order valence-corrected chi connectivity index (χ0v) is 16.4. The van der Waals surface area contributed by atoms with E-state index >= 15 is 0 Å². The van der Waals surface area contributed by atoms with Crippen LogP contribution in [0.3, 0.4) is 0 Å². The van der Waals surface area contributed by atoms with E-state index in [1.54, 1.807) is 18.2 Å². The van der Waals surface area contributed by atoms with E-state index < -0.39 is 11.2 Å². The third-order valence-electron chi connectivity index (χ3n) is 2.51. The molecule has 0 fully saturated rings. The van der Waals surface area contributed by atoms with Gasteiger partial charge in [0.15, 0.2) is 5.13 Å².